The zero-order valence-corrected chi connectivity index (χ0v) is 17.0. The summed E-state index contributed by atoms with van der Waals surface area (Å²) in [7, 11) is 0. The summed E-state index contributed by atoms with van der Waals surface area (Å²) in [4.78, 5) is 4.56. The zero-order valence-electron chi connectivity index (χ0n) is 16.2. The van der Waals surface area contributed by atoms with Gasteiger partial charge in [-0.05, 0) is 37.1 Å². The average Bonchev–Trinajstić information content (AvgIpc) is 3.19. The van der Waals surface area contributed by atoms with E-state index in [0.29, 0.717) is 13.2 Å². The van der Waals surface area contributed by atoms with E-state index >= 15 is 0 Å². The van der Waals surface area contributed by atoms with Crippen LogP contribution in [0, 0.1) is 0 Å². The lowest BCUT2D eigenvalue weighted by atomic mass is 10.2. The van der Waals surface area contributed by atoms with Crippen molar-refractivity contribution in [3.8, 4) is 22.8 Å². The lowest BCUT2D eigenvalue weighted by molar-refractivity contribution is 0.272. The maximum atomic E-state index is 5.81. The van der Waals surface area contributed by atoms with Crippen LogP contribution in [-0.2, 0) is 0 Å². The van der Waals surface area contributed by atoms with Gasteiger partial charge in [0.1, 0.15) is 0 Å². The maximum absolute atomic E-state index is 5.81. The van der Waals surface area contributed by atoms with Crippen LogP contribution in [-0.4, -0.2) is 24.4 Å². The van der Waals surface area contributed by atoms with Gasteiger partial charge in [0.2, 0.25) is 5.13 Å². The second-order valence-corrected chi connectivity index (χ2v) is 6.97. The highest BCUT2D eigenvalue weighted by atomic mass is 32.1. The molecule has 0 saturated carbocycles. The van der Waals surface area contributed by atoms with Crippen LogP contribution in [0.25, 0.3) is 11.3 Å². The summed E-state index contributed by atoms with van der Waals surface area (Å²) in [6, 6.07) is 15.9. The van der Waals surface area contributed by atoms with Crippen LogP contribution in [0.4, 0.5) is 5.13 Å². The molecule has 0 amide bonds. The van der Waals surface area contributed by atoms with E-state index in [1.807, 2.05) is 60.8 Å². The first-order valence-electron chi connectivity index (χ1n) is 9.49. The van der Waals surface area contributed by atoms with Crippen LogP contribution in [0.15, 0.2) is 59.0 Å². The Labute approximate surface area is 170 Å². The molecule has 0 aliphatic heterocycles. The van der Waals surface area contributed by atoms with E-state index in [0.717, 1.165) is 46.3 Å². The SMILES string of the molecule is CCCCOc1ccc(/C=N\Nc2nc(-c3ccccc3)cs2)cc1OCC. The summed E-state index contributed by atoms with van der Waals surface area (Å²) < 4.78 is 11.5. The third-order valence-corrected chi connectivity index (χ3v) is 4.72. The van der Waals surface area contributed by atoms with Gasteiger partial charge in [0.15, 0.2) is 11.5 Å². The quantitative estimate of drug-likeness (QED) is 0.266. The Morgan fingerprint density at radius 1 is 1.07 bits per heavy atom. The number of rotatable bonds is 10. The van der Waals surface area contributed by atoms with Crippen LogP contribution in [0.3, 0.4) is 0 Å². The number of anilines is 1. The summed E-state index contributed by atoms with van der Waals surface area (Å²) in [5.41, 5.74) is 5.96. The largest absolute Gasteiger partial charge is 0.490 e. The average molecular weight is 396 g/mol. The molecular weight excluding hydrogens is 370 g/mol. The third-order valence-electron chi connectivity index (χ3n) is 3.97. The lowest BCUT2D eigenvalue weighted by Crippen LogP contribution is -2.01. The van der Waals surface area contributed by atoms with E-state index in [4.69, 9.17) is 9.47 Å². The monoisotopic (exact) mass is 395 g/mol. The lowest BCUT2D eigenvalue weighted by Gasteiger charge is -2.12. The minimum atomic E-state index is 0.588. The number of unbranched alkanes of at least 4 members (excludes halogenated alkanes) is 1. The van der Waals surface area contributed by atoms with E-state index < -0.39 is 0 Å². The number of hydrazone groups is 1. The van der Waals surface area contributed by atoms with Gasteiger partial charge in [-0.3, -0.25) is 5.43 Å². The fourth-order valence-corrected chi connectivity index (χ4v) is 3.22. The van der Waals surface area contributed by atoms with Crippen LogP contribution in [0.2, 0.25) is 0 Å². The molecule has 0 unspecified atom stereocenters. The molecule has 1 heterocycles. The first kappa shape index (κ1) is 19.9. The minimum Gasteiger partial charge on any atom is -0.490 e. The second kappa shape index (κ2) is 10.5. The number of hydrogen-bond acceptors (Lipinski definition) is 6. The predicted octanol–water partition coefficient (Wildman–Crippen LogP) is 5.83. The summed E-state index contributed by atoms with van der Waals surface area (Å²) in [6.45, 7) is 5.39. The molecule has 5 nitrogen and oxygen atoms in total. The third kappa shape index (κ3) is 5.57. The normalized spacial score (nSPS) is 10.9. The number of nitrogens with one attached hydrogen (secondary N) is 1. The fourth-order valence-electron chi connectivity index (χ4n) is 2.55. The number of thiazole rings is 1. The Kier molecular flexibility index (Phi) is 7.44. The van der Waals surface area contributed by atoms with Gasteiger partial charge in [-0.25, -0.2) is 4.98 Å². The molecular formula is C22H25N3O2S. The summed E-state index contributed by atoms with van der Waals surface area (Å²) in [5.74, 6) is 1.51. The van der Waals surface area contributed by atoms with Gasteiger partial charge in [0, 0.05) is 10.9 Å². The van der Waals surface area contributed by atoms with Crippen molar-refractivity contribution in [2.45, 2.75) is 26.7 Å². The Bertz CT molecular complexity index is 894. The van der Waals surface area contributed by atoms with Gasteiger partial charge in [-0.15, -0.1) is 11.3 Å². The smallest absolute Gasteiger partial charge is 0.203 e. The highest BCUT2D eigenvalue weighted by Crippen LogP contribution is 2.28. The molecule has 0 spiro atoms. The van der Waals surface area contributed by atoms with Crippen LogP contribution < -0.4 is 14.9 Å². The van der Waals surface area contributed by atoms with Crippen molar-refractivity contribution in [1.82, 2.24) is 4.98 Å². The molecule has 3 rings (SSSR count). The molecule has 3 aromatic rings. The second-order valence-electron chi connectivity index (χ2n) is 6.12. The minimum absolute atomic E-state index is 0.588. The number of aromatic nitrogens is 1. The molecule has 1 N–H and O–H groups in total. The first-order chi connectivity index (χ1) is 13.8. The number of ether oxygens (including phenoxy) is 2. The molecule has 1 aromatic heterocycles. The van der Waals surface area contributed by atoms with Crippen molar-refractivity contribution in [3.05, 3.63) is 59.5 Å². The Morgan fingerprint density at radius 2 is 1.93 bits per heavy atom. The van der Waals surface area contributed by atoms with Crippen molar-refractivity contribution in [2.75, 3.05) is 18.6 Å². The van der Waals surface area contributed by atoms with Crippen molar-refractivity contribution >= 4 is 22.7 Å². The number of hydrogen-bond donors (Lipinski definition) is 1. The summed E-state index contributed by atoms with van der Waals surface area (Å²) >= 11 is 1.52. The Balaban J connectivity index is 1.63. The molecule has 0 atom stereocenters. The zero-order chi connectivity index (χ0) is 19.6. The Morgan fingerprint density at radius 3 is 2.71 bits per heavy atom. The molecule has 28 heavy (non-hydrogen) atoms. The van der Waals surface area contributed by atoms with E-state index in [1.54, 1.807) is 6.21 Å². The van der Waals surface area contributed by atoms with Gasteiger partial charge >= 0.3 is 0 Å². The highest BCUT2D eigenvalue weighted by molar-refractivity contribution is 7.14. The van der Waals surface area contributed by atoms with E-state index in [1.165, 1.54) is 11.3 Å². The standard InChI is InChI=1S/C22H25N3O2S/c1-3-5-13-27-20-12-11-17(14-21(20)26-4-2)15-23-25-22-24-19(16-28-22)18-9-7-6-8-10-18/h6-12,14-16H,3-5,13H2,1-2H3,(H,24,25)/b23-15-. The van der Waals surface area contributed by atoms with E-state index in [9.17, 15) is 0 Å². The molecule has 0 radical (unpaired) electrons. The van der Waals surface area contributed by atoms with Crippen LogP contribution in [0.5, 0.6) is 11.5 Å². The van der Waals surface area contributed by atoms with Crippen molar-refractivity contribution in [2.24, 2.45) is 5.10 Å². The molecule has 0 aliphatic rings. The van der Waals surface area contributed by atoms with Gasteiger partial charge in [-0.2, -0.15) is 5.10 Å². The topological polar surface area (TPSA) is 55.7 Å². The van der Waals surface area contributed by atoms with E-state index in [-0.39, 0.29) is 0 Å². The summed E-state index contributed by atoms with van der Waals surface area (Å²) in [6.07, 6.45) is 3.88. The number of nitrogens with zero attached hydrogens (tertiary/aromatic N) is 2. The van der Waals surface area contributed by atoms with Gasteiger partial charge in [0.05, 0.1) is 25.1 Å². The molecule has 0 bridgehead atoms. The van der Waals surface area contributed by atoms with E-state index in [2.05, 4.69) is 22.4 Å². The number of benzene rings is 2. The van der Waals surface area contributed by atoms with Crippen LogP contribution in [0.1, 0.15) is 32.3 Å². The van der Waals surface area contributed by atoms with Crippen LogP contribution >= 0.6 is 11.3 Å². The maximum Gasteiger partial charge on any atom is 0.203 e. The first-order valence-corrected chi connectivity index (χ1v) is 10.4. The predicted molar refractivity (Wildman–Crippen MR) is 117 cm³/mol. The molecule has 0 fully saturated rings. The molecule has 146 valence electrons. The Hall–Kier alpha value is -2.86. The van der Waals surface area contributed by atoms with Gasteiger partial charge in [-0.1, -0.05) is 43.7 Å². The highest BCUT2D eigenvalue weighted by Gasteiger charge is 2.06. The van der Waals surface area contributed by atoms with Crippen molar-refractivity contribution in [1.29, 1.82) is 0 Å². The molecule has 0 aliphatic carbocycles. The molecule has 6 heteroatoms. The molecule has 0 saturated heterocycles. The van der Waals surface area contributed by atoms with Gasteiger partial charge in [0.25, 0.3) is 0 Å². The summed E-state index contributed by atoms with van der Waals surface area (Å²) in [5, 5.41) is 7.07. The fraction of sp³-hybridized carbons (Fsp3) is 0.273. The van der Waals surface area contributed by atoms with Crippen molar-refractivity contribution in [3.63, 3.8) is 0 Å². The van der Waals surface area contributed by atoms with Gasteiger partial charge < -0.3 is 9.47 Å². The molecule has 2 aromatic carbocycles. The van der Waals surface area contributed by atoms with Crippen molar-refractivity contribution < 1.29 is 9.47 Å².